The number of aliphatic hydroxyl groups excluding tert-OH is 1. The molecule has 0 aromatic rings. The lowest BCUT2D eigenvalue weighted by atomic mass is 9.76. The smallest absolute Gasteiger partial charge is 0.0569 e. The van der Waals surface area contributed by atoms with Crippen molar-refractivity contribution in [2.75, 3.05) is 19.8 Å². The van der Waals surface area contributed by atoms with Gasteiger partial charge in [-0.15, -0.1) is 0 Å². The Labute approximate surface area is 55.8 Å². The molecule has 9 heavy (non-hydrogen) atoms. The maximum atomic E-state index is 8.93. The molecule has 0 spiro atoms. The van der Waals surface area contributed by atoms with E-state index in [0.29, 0.717) is 5.92 Å². The molecule has 0 saturated carbocycles. The Hall–Kier alpha value is -0.0800. The zero-order chi connectivity index (χ0) is 6.91. The topological polar surface area (TPSA) is 29.5 Å². The highest BCUT2D eigenvalue weighted by molar-refractivity contribution is 4.87. The maximum absolute atomic E-state index is 8.93. The molecule has 1 N–H and O–H groups in total. The Morgan fingerprint density at radius 2 is 2.11 bits per heavy atom. The van der Waals surface area contributed by atoms with Crippen LogP contribution >= 0.6 is 0 Å². The highest BCUT2D eigenvalue weighted by atomic mass is 16.5. The fourth-order valence-corrected chi connectivity index (χ4v) is 0.971. The summed E-state index contributed by atoms with van der Waals surface area (Å²) in [6.07, 6.45) is 0. The molecule has 0 aliphatic carbocycles. The van der Waals surface area contributed by atoms with Crippen molar-refractivity contribution in [1.29, 1.82) is 0 Å². The number of hydrogen-bond donors (Lipinski definition) is 1. The minimum atomic E-state index is 0.0972. The van der Waals surface area contributed by atoms with Crippen molar-refractivity contribution in [2.45, 2.75) is 13.8 Å². The summed E-state index contributed by atoms with van der Waals surface area (Å²) >= 11 is 0. The molecule has 0 amide bonds. The number of hydrogen-bond acceptors (Lipinski definition) is 2. The van der Waals surface area contributed by atoms with Gasteiger partial charge in [0.25, 0.3) is 0 Å². The molecular weight excluding hydrogens is 116 g/mol. The van der Waals surface area contributed by atoms with Gasteiger partial charge in [0.1, 0.15) is 0 Å². The summed E-state index contributed by atoms with van der Waals surface area (Å²) in [6, 6.07) is 0. The fraction of sp³-hybridized carbons (Fsp3) is 1.00. The van der Waals surface area contributed by atoms with E-state index in [2.05, 4.69) is 13.8 Å². The van der Waals surface area contributed by atoms with Crippen LogP contribution in [0.2, 0.25) is 0 Å². The van der Waals surface area contributed by atoms with Crippen LogP contribution in [0.25, 0.3) is 0 Å². The lowest BCUT2D eigenvalue weighted by molar-refractivity contribution is -0.160. The summed E-state index contributed by atoms with van der Waals surface area (Å²) < 4.78 is 5.03. The standard InChI is InChI=1S/C7H14O2/c1-6(2)7(3-8)4-9-5-7/h6,8H,3-5H2,1-2H3. The zero-order valence-electron chi connectivity index (χ0n) is 6.05. The van der Waals surface area contributed by atoms with Crippen LogP contribution in [0.4, 0.5) is 0 Å². The molecule has 0 unspecified atom stereocenters. The summed E-state index contributed by atoms with van der Waals surface area (Å²) in [4.78, 5) is 0. The molecule has 1 aliphatic heterocycles. The third kappa shape index (κ3) is 0.970. The van der Waals surface area contributed by atoms with Crippen LogP contribution in [0.15, 0.2) is 0 Å². The number of ether oxygens (including phenoxy) is 1. The van der Waals surface area contributed by atoms with Crippen LogP contribution in [-0.4, -0.2) is 24.9 Å². The Morgan fingerprint density at radius 1 is 1.56 bits per heavy atom. The molecular formula is C7H14O2. The van der Waals surface area contributed by atoms with Crippen molar-refractivity contribution in [3.8, 4) is 0 Å². The molecule has 1 saturated heterocycles. The predicted molar refractivity (Wildman–Crippen MR) is 35.2 cm³/mol. The van der Waals surface area contributed by atoms with Crippen LogP contribution in [0, 0.1) is 11.3 Å². The van der Waals surface area contributed by atoms with Crippen molar-refractivity contribution in [2.24, 2.45) is 11.3 Å². The van der Waals surface area contributed by atoms with Gasteiger partial charge in [0, 0.05) is 5.41 Å². The molecule has 0 aromatic carbocycles. The van der Waals surface area contributed by atoms with Gasteiger partial charge in [-0.25, -0.2) is 0 Å². The minimum Gasteiger partial charge on any atom is -0.396 e. The molecule has 0 aromatic heterocycles. The van der Waals surface area contributed by atoms with Crippen molar-refractivity contribution in [3.63, 3.8) is 0 Å². The highest BCUT2D eigenvalue weighted by Gasteiger charge is 2.40. The third-order valence-electron chi connectivity index (χ3n) is 2.32. The molecule has 0 atom stereocenters. The van der Waals surface area contributed by atoms with Crippen LogP contribution in [0.1, 0.15) is 13.8 Å². The molecule has 1 aliphatic rings. The van der Waals surface area contributed by atoms with E-state index in [1.165, 1.54) is 0 Å². The third-order valence-corrected chi connectivity index (χ3v) is 2.32. The average Bonchev–Trinajstić information content (AvgIpc) is 1.62. The highest BCUT2D eigenvalue weighted by Crippen LogP contribution is 2.34. The summed E-state index contributed by atoms with van der Waals surface area (Å²) in [5.41, 5.74) is 0.0972. The summed E-state index contributed by atoms with van der Waals surface area (Å²) in [6.45, 7) is 5.99. The van der Waals surface area contributed by atoms with Gasteiger partial charge in [-0.1, -0.05) is 13.8 Å². The van der Waals surface area contributed by atoms with E-state index in [-0.39, 0.29) is 12.0 Å². The van der Waals surface area contributed by atoms with Gasteiger partial charge < -0.3 is 9.84 Å². The first kappa shape index (κ1) is 7.03. The van der Waals surface area contributed by atoms with Crippen molar-refractivity contribution < 1.29 is 9.84 Å². The predicted octanol–water partition coefficient (Wildman–Crippen LogP) is 0.651. The Kier molecular flexibility index (Phi) is 1.78. The van der Waals surface area contributed by atoms with Crippen LogP contribution < -0.4 is 0 Å². The van der Waals surface area contributed by atoms with E-state index < -0.39 is 0 Å². The van der Waals surface area contributed by atoms with E-state index in [9.17, 15) is 0 Å². The quantitative estimate of drug-likeness (QED) is 0.594. The Balaban J connectivity index is 2.46. The van der Waals surface area contributed by atoms with Gasteiger partial charge in [0.2, 0.25) is 0 Å². The maximum Gasteiger partial charge on any atom is 0.0569 e. The monoisotopic (exact) mass is 130 g/mol. The number of aliphatic hydroxyl groups is 1. The van der Waals surface area contributed by atoms with E-state index in [1.54, 1.807) is 0 Å². The average molecular weight is 130 g/mol. The van der Waals surface area contributed by atoms with Crippen molar-refractivity contribution >= 4 is 0 Å². The van der Waals surface area contributed by atoms with E-state index in [0.717, 1.165) is 13.2 Å². The Bertz CT molecular complexity index is 89.6. The fourth-order valence-electron chi connectivity index (χ4n) is 0.971. The summed E-state index contributed by atoms with van der Waals surface area (Å²) in [5.74, 6) is 0.538. The molecule has 1 rings (SSSR count). The second-order valence-electron chi connectivity index (χ2n) is 3.17. The summed E-state index contributed by atoms with van der Waals surface area (Å²) in [5, 5.41) is 8.93. The van der Waals surface area contributed by atoms with E-state index >= 15 is 0 Å². The largest absolute Gasteiger partial charge is 0.396 e. The molecule has 54 valence electrons. The van der Waals surface area contributed by atoms with Crippen LogP contribution in [-0.2, 0) is 4.74 Å². The molecule has 2 heteroatoms. The SMILES string of the molecule is CC(C)C1(CO)COC1. The van der Waals surface area contributed by atoms with Crippen LogP contribution in [0.5, 0.6) is 0 Å². The normalized spacial score (nSPS) is 24.0. The first-order valence-corrected chi connectivity index (χ1v) is 3.40. The van der Waals surface area contributed by atoms with Crippen molar-refractivity contribution in [1.82, 2.24) is 0 Å². The van der Waals surface area contributed by atoms with Gasteiger partial charge >= 0.3 is 0 Å². The number of rotatable bonds is 2. The summed E-state index contributed by atoms with van der Waals surface area (Å²) in [7, 11) is 0. The van der Waals surface area contributed by atoms with Gasteiger partial charge in [-0.3, -0.25) is 0 Å². The first-order chi connectivity index (χ1) is 4.21. The van der Waals surface area contributed by atoms with E-state index in [1.807, 2.05) is 0 Å². The second-order valence-corrected chi connectivity index (χ2v) is 3.17. The molecule has 0 radical (unpaired) electrons. The first-order valence-electron chi connectivity index (χ1n) is 3.40. The van der Waals surface area contributed by atoms with E-state index in [4.69, 9.17) is 9.84 Å². The molecule has 1 fully saturated rings. The molecule has 2 nitrogen and oxygen atoms in total. The molecule has 0 bridgehead atoms. The van der Waals surface area contributed by atoms with Gasteiger partial charge in [-0.05, 0) is 5.92 Å². The van der Waals surface area contributed by atoms with Gasteiger partial charge in [0.05, 0.1) is 19.8 Å². The second kappa shape index (κ2) is 2.27. The minimum absolute atomic E-state index is 0.0972. The Morgan fingerprint density at radius 3 is 2.11 bits per heavy atom. The molecule has 1 heterocycles. The van der Waals surface area contributed by atoms with Crippen LogP contribution in [0.3, 0.4) is 0 Å². The van der Waals surface area contributed by atoms with Crippen molar-refractivity contribution in [3.05, 3.63) is 0 Å². The lowest BCUT2D eigenvalue weighted by Gasteiger charge is -2.43. The van der Waals surface area contributed by atoms with Gasteiger partial charge in [0.15, 0.2) is 0 Å². The zero-order valence-corrected chi connectivity index (χ0v) is 6.05. The lowest BCUT2D eigenvalue weighted by Crippen LogP contribution is -2.49. The van der Waals surface area contributed by atoms with Gasteiger partial charge in [-0.2, -0.15) is 0 Å².